The molecule has 35 heavy (non-hydrogen) atoms. The fourth-order valence-electron chi connectivity index (χ4n) is 0.375. The van der Waals surface area contributed by atoms with Crippen LogP contribution in [0.2, 0.25) is 0 Å². The predicted octanol–water partition coefficient (Wildman–Crippen LogP) is -7.53. The van der Waals surface area contributed by atoms with Crippen LogP contribution in [0.1, 0.15) is 20.8 Å². The quantitative estimate of drug-likeness (QED) is 0.165. The Balaban J connectivity index is -0.000000125. The van der Waals surface area contributed by atoms with Crippen LogP contribution in [0, 0.1) is 0 Å². The normalized spacial score (nSPS) is 14.1. The van der Waals surface area contributed by atoms with Crippen LogP contribution in [-0.4, -0.2) is 155 Å². The maximum absolute atomic E-state index is 9.91. The minimum atomic E-state index is -5.55. The topological polar surface area (TPSA) is 404 Å². The summed E-state index contributed by atoms with van der Waals surface area (Å²) in [5.74, 6) is 0. The molecule has 0 amide bonds. The molecule has 29 heteroatoms. The third kappa shape index (κ3) is 12.6. The Labute approximate surface area is 234 Å². The van der Waals surface area contributed by atoms with Gasteiger partial charge in [0.2, 0.25) is 12.8 Å². The summed E-state index contributed by atoms with van der Waals surface area (Å²) in [6.45, 7) is 0.326. The largest absolute Gasteiger partial charge is 3.00 e. The Morgan fingerprint density at radius 2 is 0.429 bits per heavy atom. The van der Waals surface area contributed by atoms with E-state index in [1.807, 2.05) is 0 Å². The Bertz CT molecular complexity index is 1070. The molecular weight excluding hydrogens is 844 g/mol. The summed E-state index contributed by atoms with van der Waals surface area (Å²) in [4.78, 5) is 0. The van der Waals surface area contributed by atoms with Crippen LogP contribution >= 0.6 is 0 Å². The van der Waals surface area contributed by atoms with Crippen molar-refractivity contribution in [2.24, 2.45) is 0 Å². The fourth-order valence-corrected chi connectivity index (χ4v) is 3.38. The molecule has 0 aliphatic heterocycles. The van der Waals surface area contributed by atoms with Gasteiger partial charge in [0.25, 0.3) is 0 Å². The van der Waals surface area contributed by atoms with Crippen LogP contribution in [0.5, 0.6) is 0 Å². The average Bonchev–Trinajstić information content (AvgIpc) is 2.41. The fraction of sp³-hybridized carbons (Fsp3) is 1.00. The van der Waals surface area contributed by atoms with Crippen LogP contribution < -0.4 is 0 Å². The molecule has 21 nitrogen and oxygen atoms in total. The molecular formula is C6H12O21S6Sb2. The van der Waals surface area contributed by atoms with E-state index < -0.39 is 73.5 Å². The Morgan fingerprint density at radius 1 is 0.371 bits per heavy atom. The molecule has 0 bridgehead atoms. The van der Waals surface area contributed by atoms with Crippen molar-refractivity contribution >= 4 is 110 Å². The third-order valence-electron chi connectivity index (χ3n) is 2.78. The Kier molecular flexibility index (Phi) is 17.5. The van der Waals surface area contributed by atoms with E-state index in [2.05, 4.69) is 0 Å². The summed E-state index contributed by atoms with van der Waals surface area (Å²) >= 11 is 0. The van der Waals surface area contributed by atoms with Gasteiger partial charge in [-0.1, -0.05) is 0 Å². The number of hydrogen-bond donors (Lipinski definition) is 3. The van der Waals surface area contributed by atoms with E-state index in [9.17, 15) is 77.8 Å². The number of hydrogen-bond acceptors (Lipinski definition) is 21. The SMILES string of the molecule is CC(O)(S(=O)(=O)[O-])S(=O)(=O)[O-].CC(O)(S(=O)(=O)[O-])S(=O)(=O)[O-].CC(O)(S(=O)(=O)[O-])S(=O)(=O)[O-].[Sb+3].[Sb+3]. The summed E-state index contributed by atoms with van der Waals surface area (Å²) in [6, 6.07) is 0. The zero-order valence-electron chi connectivity index (χ0n) is 16.5. The first kappa shape index (κ1) is 45.9. The standard InChI is InChI=1S/3C2H6O7S2.2Sb/c3*1-2(3,10(4,5)6)11(7,8)9;;/h3*3H,1H3,(H,4,5,6)(H,7,8,9);;/q;;;2*+3/p-6. The zero-order valence-corrected chi connectivity index (χ0v) is 26.5. The van der Waals surface area contributed by atoms with E-state index in [1.54, 1.807) is 0 Å². The Hall–Kier alpha value is 0.976. The van der Waals surface area contributed by atoms with Crippen molar-refractivity contribution in [3.05, 3.63) is 0 Å². The maximum Gasteiger partial charge on any atom is 3.00 e. The van der Waals surface area contributed by atoms with Crippen molar-refractivity contribution in [1.82, 2.24) is 0 Å². The van der Waals surface area contributed by atoms with Crippen LogP contribution in [0.4, 0.5) is 0 Å². The molecule has 0 unspecified atom stereocenters. The summed E-state index contributed by atoms with van der Waals surface area (Å²) < 4.78 is 167. The molecule has 0 aromatic rings. The van der Waals surface area contributed by atoms with Crippen molar-refractivity contribution in [2.45, 2.75) is 33.6 Å². The van der Waals surface area contributed by atoms with Gasteiger partial charge in [0.1, 0.15) is 60.7 Å². The minimum Gasteiger partial charge on any atom is -0.745 e. The molecule has 0 atom stereocenters. The molecule has 0 saturated carbocycles. The first-order chi connectivity index (χ1) is 13.5. The van der Waals surface area contributed by atoms with Gasteiger partial charge in [-0.15, -0.1) is 0 Å². The van der Waals surface area contributed by atoms with E-state index in [1.165, 1.54) is 0 Å². The Morgan fingerprint density at radius 3 is 0.429 bits per heavy atom. The first-order valence-corrected chi connectivity index (χ1v) is 14.8. The second-order valence-corrected chi connectivity index (χ2v) is 16.4. The van der Waals surface area contributed by atoms with E-state index in [0.717, 1.165) is 0 Å². The zero-order chi connectivity index (χ0) is 28.5. The van der Waals surface area contributed by atoms with Crippen molar-refractivity contribution < 1.29 is 93.1 Å². The van der Waals surface area contributed by atoms with Crippen LogP contribution in [-0.2, 0) is 60.7 Å². The van der Waals surface area contributed by atoms with E-state index >= 15 is 0 Å². The average molecular weight is 856 g/mol. The molecule has 0 aliphatic rings. The molecule has 3 N–H and O–H groups in total. The first-order valence-electron chi connectivity index (χ1n) is 6.40. The van der Waals surface area contributed by atoms with Gasteiger partial charge >= 0.3 is 48.9 Å². The molecule has 0 aromatic carbocycles. The van der Waals surface area contributed by atoms with E-state index in [4.69, 9.17) is 15.3 Å². The molecule has 4 radical (unpaired) electrons. The van der Waals surface area contributed by atoms with Crippen LogP contribution in [0.15, 0.2) is 0 Å². The second kappa shape index (κ2) is 13.4. The molecule has 0 rings (SSSR count). The van der Waals surface area contributed by atoms with Gasteiger partial charge in [-0.3, -0.25) is 0 Å². The van der Waals surface area contributed by atoms with Crippen molar-refractivity contribution in [1.29, 1.82) is 0 Å². The smallest absolute Gasteiger partial charge is 0.745 e. The predicted molar refractivity (Wildman–Crippen MR) is 102 cm³/mol. The molecule has 0 saturated heterocycles. The molecule has 0 aliphatic carbocycles. The van der Waals surface area contributed by atoms with E-state index in [-0.39, 0.29) is 69.6 Å². The summed E-state index contributed by atoms with van der Waals surface area (Å²) in [6.07, 6.45) is 0. The summed E-state index contributed by atoms with van der Waals surface area (Å²) in [5.41, 5.74) is 0. The monoisotopic (exact) mass is 854 g/mol. The van der Waals surface area contributed by atoms with Gasteiger partial charge in [-0.05, 0) is 20.8 Å². The number of aliphatic hydroxyl groups is 3. The van der Waals surface area contributed by atoms with E-state index in [0.29, 0.717) is 0 Å². The summed E-state index contributed by atoms with van der Waals surface area (Å²) in [7, 11) is -33.3. The molecule has 0 aromatic heterocycles. The number of rotatable bonds is 6. The van der Waals surface area contributed by atoms with Gasteiger partial charge in [0.05, 0.1) is 0 Å². The molecule has 0 spiro atoms. The second-order valence-electron chi connectivity index (χ2n) is 5.42. The van der Waals surface area contributed by atoms with Crippen LogP contribution in [0.25, 0.3) is 0 Å². The van der Waals surface area contributed by atoms with Crippen molar-refractivity contribution in [3.8, 4) is 0 Å². The van der Waals surface area contributed by atoms with Gasteiger partial charge in [-0.2, -0.15) is 0 Å². The van der Waals surface area contributed by atoms with Crippen LogP contribution in [0.3, 0.4) is 0 Å². The summed E-state index contributed by atoms with van der Waals surface area (Å²) in [5, 5.41) is 25.2. The van der Waals surface area contributed by atoms with Gasteiger partial charge in [0, 0.05) is 0 Å². The third-order valence-corrected chi connectivity index (χ3v) is 12.0. The van der Waals surface area contributed by atoms with Gasteiger partial charge in [-0.25, -0.2) is 50.5 Å². The molecule has 0 heterocycles. The maximum atomic E-state index is 9.91. The minimum absolute atomic E-state index is 0. The van der Waals surface area contributed by atoms with Crippen molar-refractivity contribution in [2.75, 3.05) is 0 Å². The van der Waals surface area contributed by atoms with Crippen molar-refractivity contribution in [3.63, 3.8) is 0 Å². The molecule has 208 valence electrons. The molecule has 0 fully saturated rings. The van der Waals surface area contributed by atoms with Gasteiger partial charge < -0.3 is 42.6 Å². The van der Waals surface area contributed by atoms with Gasteiger partial charge in [0.15, 0.2) is 0 Å².